The van der Waals surface area contributed by atoms with Gasteiger partial charge in [-0.2, -0.15) is 0 Å². The molecule has 27 heavy (non-hydrogen) atoms. The summed E-state index contributed by atoms with van der Waals surface area (Å²) in [6.07, 6.45) is 1.73. The average molecular weight is 358 g/mol. The minimum absolute atomic E-state index is 0.0750. The second kappa shape index (κ2) is 6.92. The van der Waals surface area contributed by atoms with Gasteiger partial charge in [-0.25, -0.2) is 4.98 Å². The zero-order valence-electron chi connectivity index (χ0n) is 14.7. The maximum atomic E-state index is 11.0. The third kappa shape index (κ3) is 3.25. The van der Waals surface area contributed by atoms with Crippen LogP contribution in [0.15, 0.2) is 72.9 Å². The second-order valence-corrected chi connectivity index (χ2v) is 6.35. The fourth-order valence-corrected chi connectivity index (χ4v) is 3.38. The fraction of sp³-hybridized carbons (Fsp3) is 0.0952. The van der Waals surface area contributed by atoms with Crippen LogP contribution in [0.25, 0.3) is 10.9 Å². The molecule has 134 valence electrons. The summed E-state index contributed by atoms with van der Waals surface area (Å²) in [5, 5.41) is 15.6. The second-order valence-electron chi connectivity index (χ2n) is 6.35. The number of nitrogens with zero attached hydrogens (tertiary/aromatic N) is 2. The van der Waals surface area contributed by atoms with E-state index in [1.807, 2.05) is 43.3 Å². The van der Waals surface area contributed by atoms with Crippen LogP contribution in [0.5, 0.6) is 0 Å². The minimum Gasteiger partial charge on any atom is -0.359 e. The van der Waals surface area contributed by atoms with Crippen molar-refractivity contribution in [2.24, 2.45) is 0 Å². The lowest BCUT2D eigenvalue weighted by atomic mass is 9.95. The number of aryl methyl sites for hydroxylation is 1. The first-order valence-corrected chi connectivity index (χ1v) is 8.62. The molecule has 0 aliphatic carbocycles. The van der Waals surface area contributed by atoms with E-state index in [0.717, 1.165) is 33.5 Å². The van der Waals surface area contributed by atoms with Gasteiger partial charge in [0.05, 0.1) is 11.0 Å². The van der Waals surface area contributed by atoms with E-state index in [-0.39, 0.29) is 16.7 Å². The molecule has 4 aromatic rings. The quantitative estimate of drug-likeness (QED) is 0.389. The van der Waals surface area contributed by atoms with E-state index in [1.54, 1.807) is 18.3 Å². The Bertz CT molecular complexity index is 1090. The highest BCUT2D eigenvalue weighted by Gasteiger charge is 2.22. The van der Waals surface area contributed by atoms with Crippen LogP contribution in [-0.4, -0.2) is 14.9 Å². The fourth-order valence-electron chi connectivity index (χ4n) is 3.38. The number of aromatic nitrogens is 2. The lowest BCUT2D eigenvalue weighted by molar-refractivity contribution is -0.384. The van der Waals surface area contributed by atoms with Crippen molar-refractivity contribution in [1.29, 1.82) is 0 Å². The molecule has 0 fully saturated rings. The summed E-state index contributed by atoms with van der Waals surface area (Å²) in [4.78, 5) is 18.4. The number of nitro groups is 1. The van der Waals surface area contributed by atoms with Gasteiger partial charge in [-0.05, 0) is 42.8 Å². The Kier molecular flexibility index (Phi) is 4.30. The molecule has 0 aliphatic rings. The molecule has 0 unspecified atom stereocenters. The summed E-state index contributed by atoms with van der Waals surface area (Å²) in [7, 11) is 0. The van der Waals surface area contributed by atoms with Gasteiger partial charge in [-0.15, -0.1) is 0 Å². The lowest BCUT2D eigenvalue weighted by Crippen LogP contribution is -2.14. The number of benzene rings is 2. The molecule has 0 aliphatic heterocycles. The highest BCUT2D eigenvalue weighted by Crippen LogP contribution is 2.34. The van der Waals surface area contributed by atoms with Gasteiger partial charge in [0.1, 0.15) is 5.82 Å². The van der Waals surface area contributed by atoms with Crippen molar-refractivity contribution >= 4 is 22.4 Å². The molecule has 0 amide bonds. The first-order chi connectivity index (χ1) is 13.1. The van der Waals surface area contributed by atoms with Crippen molar-refractivity contribution in [2.75, 3.05) is 5.32 Å². The number of hydrogen-bond donors (Lipinski definition) is 2. The molecule has 0 saturated heterocycles. The number of H-pyrrole nitrogens is 1. The van der Waals surface area contributed by atoms with Crippen LogP contribution in [0.2, 0.25) is 0 Å². The van der Waals surface area contributed by atoms with Crippen LogP contribution in [0.3, 0.4) is 0 Å². The van der Waals surface area contributed by atoms with E-state index in [0.29, 0.717) is 0 Å². The maximum Gasteiger partial charge on any atom is 0.269 e. The van der Waals surface area contributed by atoms with E-state index < -0.39 is 0 Å². The number of hydrogen-bond acceptors (Lipinski definition) is 4. The van der Waals surface area contributed by atoms with Gasteiger partial charge in [0.15, 0.2) is 0 Å². The van der Waals surface area contributed by atoms with Crippen molar-refractivity contribution < 1.29 is 4.92 Å². The molecule has 0 saturated carbocycles. The first-order valence-electron chi connectivity index (χ1n) is 8.62. The molecule has 2 aromatic heterocycles. The largest absolute Gasteiger partial charge is 0.359 e. The number of fused-ring (bicyclic) bond motifs is 1. The Labute approximate surface area is 156 Å². The topological polar surface area (TPSA) is 83.8 Å². The van der Waals surface area contributed by atoms with Crippen molar-refractivity contribution in [1.82, 2.24) is 9.97 Å². The summed E-state index contributed by atoms with van der Waals surface area (Å²) >= 11 is 0. The predicted molar refractivity (Wildman–Crippen MR) is 106 cm³/mol. The monoisotopic (exact) mass is 358 g/mol. The number of anilines is 1. The summed E-state index contributed by atoms with van der Waals surface area (Å²) < 4.78 is 0. The van der Waals surface area contributed by atoms with Crippen LogP contribution in [-0.2, 0) is 0 Å². The van der Waals surface area contributed by atoms with Crippen molar-refractivity contribution in [2.45, 2.75) is 13.0 Å². The van der Waals surface area contributed by atoms with Gasteiger partial charge in [-0.1, -0.05) is 24.3 Å². The molecule has 6 heteroatoms. The third-order valence-corrected chi connectivity index (χ3v) is 4.63. The average Bonchev–Trinajstić information content (AvgIpc) is 3.02. The number of pyridine rings is 1. The standard InChI is InChI=1S/C21H18N4O2/c1-14-20(17-6-2-3-7-18(17)23-14)21(24-19-8-4-5-13-22-19)15-9-11-16(12-10-15)25(26)27/h2-13,21,23H,1H3,(H,22,24)/t21-/m1/s1. The van der Waals surface area contributed by atoms with Gasteiger partial charge >= 0.3 is 0 Å². The van der Waals surface area contributed by atoms with Crippen molar-refractivity contribution in [3.8, 4) is 0 Å². The highest BCUT2D eigenvalue weighted by molar-refractivity contribution is 5.86. The zero-order chi connectivity index (χ0) is 18.8. The predicted octanol–water partition coefficient (Wildman–Crippen LogP) is 4.98. The number of rotatable bonds is 5. The molecule has 2 aromatic carbocycles. The SMILES string of the molecule is Cc1[nH]c2ccccc2c1[C@H](Nc1ccccn1)c1ccc([N+](=O)[O-])cc1. The summed E-state index contributed by atoms with van der Waals surface area (Å²) in [5.74, 6) is 0.741. The first kappa shape index (κ1) is 16.8. The van der Waals surface area contributed by atoms with Crippen LogP contribution in [0, 0.1) is 17.0 Å². The van der Waals surface area contributed by atoms with Gasteiger partial charge in [0.2, 0.25) is 0 Å². The number of non-ortho nitro benzene ring substituents is 1. The Morgan fingerprint density at radius 3 is 2.48 bits per heavy atom. The van der Waals surface area contributed by atoms with Crippen LogP contribution in [0.1, 0.15) is 22.9 Å². The van der Waals surface area contributed by atoms with E-state index >= 15 is 0 Å². The Hall–Kier alpha value is -3.67. The van der Waals surface area contributed by atoms with Crippen molar-refractivity contribution in [3.05, 3.63) is 99.9 Å². The highest BCUT2D eigenvalue weighted by atomic mass is 16.6. The molecule has 0 radical (unpaired) electrons. The Morgan fingerprint density at radius 2 is 1.78 bits per heavy atom. The van der Waals surface area contributed by atoms with Gasteiger partial charge in [-0.3, -0.25) is 10.1 Å². The molecule has 2 heterocycles. The van der Waals surface area contributed by atoms with Crippen LogP contribution < -0.4 is 5.32 Å². The molecular formula is C21H18N4O2. The molecule has 6 nitrogen and oxygen atoms in total. The number of nitrogens with one attached hydrogen (secondary N) is 2. The number of para-hydroxylation sites is 1. The number of nitro benzene ring substituents is 1. The van der Waals surface area contributed by atoms with Crippen molar-refractivity contribution in [3.63, 3.8) is 0 Å². The molecule has 1 atom stereocenters. The van der Waals surface area contributed by atoms with Gasteiger partial charge < -0.3 is 10.3 Å². The van der Waals surface area contributed by atoms with Gasteiger partial charge in [0.25, 0.3) is 5.69 Å². The van der Waals surface area contributed by atoms with E-state index in [9.17, 15) is 10.1 Å². The normalized spacial score (nSPS) is 12.0. The third-order valence-electron chi connectivity index (χ3n) is 4.63. The zero-order valence-corrected chi connectivity index (χ0v) is 14.7. The molecule has 0 bridgehead atoms. The van der Waals surface area contributed by atoms with Crippen LogP contribution in [0.4, 0.5) is 11.5 Å². The molecule has 4 rings (SSSR count). The van der Waals surface area contributed by atoms with Gasteiger partial charge in [0, 0.05) is 40.5 Å². The molecular weight excluding hydrogens is 340 g/mol. The number of aromatic amines is 1. The maximum absolute atomic E-state index is 11.0. The Morgan fingerprint density at radius 1 is 1.04 bits per heavy atom. The summed E-state index contributed by atoms with van der Waals surface area (Å²) in [6, 6.07) is 20.3. The Balaban J connectivity index is 1.85. The lowest BCUT2D eigenvalue weighted by Gasteiger charge is -2.21. The minimum atomic E-state index is -0.387. The van der Waals surface area contributed by atoms with Crippen LogP contribution >= 0.6 is 0 Å². The summed E-state index contributed by atoms with van der Waals surface area (Å²) in [6.45, 7) is 2.04. The molecule has 0 spiro atoms. The van der Waals surface area contributed by atoms with E-state index in [4.69, 9.17) is 0 Å². The van der Waals surface area contributed by atoms with E-state index in [1.165, 1.54) is 12.1 Å². The smallest absolute Gasteiger partial charge is 0.269 e. The summed E-state index contributed by atoms with van der Waals surface area (Å²) in [5.41, 5.74) is 4.21. The molecule has 2 N–H and O–H groups in total. The van der Waals surface area contributed by atoms with E-state index in [2.05, 4.69) is 21.4 Å².